The number of carbonyl (C=O) groups excluding carboxylic acids is 2. The van der Waals surface area contributed by atoms with Crippen LogP contribution < -0.4 is 5.32 Å². The average Bonchev–Trinajstić information content (AvgIpc) is 2.51. The van der Waals surface area contributed by atoms with Gasteiger partial charge in [-0.15, -0.1) is 0 Å². The second-order valence-corrected chi connectivity index (χ2v) is 6.25. The summed E-state index contributed by atoms with van der Waals surface area (Å²) in [5, 5.41) is 2.89. The number of amides is 2. The molecule has 2 aliphatic rings. The van der Waals surface area contributed by atoms with Gasteiger partial charge in [-0.1, -0.05) is 30.3 Å². The third kappa shape index (κ3) is 2.86. The minimum Gasteiger partial charge on any atom is -0.356 e. The molecule has 0 spiro atoms. The van der Waals surface area contributed by atoms with Gasteiger partial charge in [0.25, 0.3) is 0 Å². The fourth-order valence-electron chi connectivity index (χ4n) is 3.80. The molecule has 2 aliphatic heterocycles. The number of likely N-dealkylation sites (tertiary alicyclic amines) is 1. The lowest BCUT2D eigenvalue weighted by Crippen LogP contribution is -2.63. The van der Waals surface area contributed by atoms with E-state index in [0.717, 1.165) is 32.4 Å². The maximum Gasteiger partial charge on any atom is 0.314 e. The third-order valence-electron chi connectivity index (χ3n) is 4.92. The Bertz CT molecular complexity index is 529. The van der Waals surface area contributed by atoms with E-state index in [2.05, 4.69) is 17.4 Å². The number of hydrogen-bond acceptors (Lipinski definition) is 2. The summed E-state index contributed by atoms with van der Waals surface area (Å²) in [5.41, 5.74) is 1.19. The topological polar surface area (TPSA) is 46.2 Å². The fraction of sp³-hybridized carbons (Fsp3) is 0.529. The van der Waals surface area contributed by atoms with Crippen molar-refractivity contribution in [1.29, 1.82) is 0 Å². The Morgan fingerprint density at radius 2 is 1.95 bits per heavy atom. The van der Waals surface area contributed by atoms with Gasteiger partial charge >= 0.3 is 5.91 Å². The van der Waals surface area contributed by atoms with Crippen LogP contribution in [0.5, 0.6) is 0 Å². The van der Waals surface area contributed by atoms with E-state index in [1.807, 2.05) is 18.2 Å². The van der Waals surface area contributed by atoms with Gasteiger partial charge in [-0.2, -0.15) is 0 Å². The SMILES string of the molecule is O=C1CC([N+]2(Cc3ccccc3)CCCCC2=O)CCN1. The minimum absolute atomic E-state index is 0.0928. The molecule has 1 aromatic rings. The summed E-state index contributed by atoms with van der Waals surface area (Å²) in [5.74, 6) is 0.417. The maximum atomic E-state index is 12.8. The molecule has 112 valence electrons. The lowest BCUT2D eigenvalue weighted by Gasteiger charge is -2.45. The van der Waals surface area contributed by atoms with Crippen LogP contribution in [0.3, 0.4) is 0 Å². The number of rotatable bonds is 3. The highest BCUT2D eigenvalue weighted by Gasteiger charge is 2.46. The molecule has 21 heavy (non-hydrogen) atoms. The molecule has 0 bridgehead atoms. The molecule has 0 radical (unpaired) electrons. The van der Waals surface area contributed by atoms with Crippen LogP contribution in [-0.2, 0) is 16.1 Å². The van der Waals surface area contributed by atoms with Crippen molar-refractivity contribution in [2.75, 3.05) is 13.1 Å². The molecule has 2 fully saturated rings. The predicted molar refractivity (Wildman–Crippen MR) is 80.2 cm³/mol. The zero-order valence-electron chi connectivity index (χ0n) is 12.4. The number of piperidine rings is 2. The first kappa shape index (κ1) is 14.3. The Kier molecular flexibility index (Phi) is 4.06. The van der Waals surface area contributed by atoms with E-state index in [-0.39, 0.29) is 11.9 Å². The first-order chi connectivity index (χ1) is 10.2. The van der Waals surface area contributed by atoms with Crippen LogP contribution in [0.2, 0.25) is 0 Å². The summed E-state index contributed by atoms with van der Waals surface area (Å²) in [6.45, 7) is 2.31. The monoisotopic (exact) mass is 287 g/mol. The van der Waals surface area contributed by atoms with Gasteiger partial charge in [0.05, 0.1) is 19.4 Å². The molecule has 3 rings (SSSR count). The Morgan fingerprint density at radius 1 is 1.14 bits per heavy atom. The van der Waals surface area contributed by atoms with Crippen molar-refractivity contribution in [2.45, 2.75) is 44.7 Å². The van der Waals surface area contributed by atoms with Crippen LogP contribution in [0.15, 0.2) is 30.3 Å². The van der Waals surface area contributed by atoms with Crippen LogP contribution in [-0.4, -0.2) is 35.4 Å². The highest BCUT2D eigenvalue weighted by atomic mass is 16.2. The van der Waals surface area contributed by atoms with Gasteiger partial charge < -0.3 is 5.32 Å². The molecular formula is C17H23N2O2+. The van der Waals surface area contributed by atoms with E-state index in [0.29, 0.717) is 29.8 Å². The van der Waals surface area contributed by atoms with E-state index in [9.17, 15) is 9.59 Å². The predicted octanol–water partition coefficient (Wildman–Crippen LogP) is 1.99. The van der Waals surface area contributed by atoms with E-state index < -0.39 is 0 Å². The molecular weight excluding hydrogens is 264 g/mol. The number of carbonyl (C=O) groups is 2. The minimum atomic E-state index is 0.0928. The number of hydrogen-bond donors (Lipinski definition) is 1. The van der Waals surface area contributed by atoms with Gasteiger partial charge in [0.15, 0.2) is 0 Å². The molecule has 0 saturated carbocycles. The summed E-state index contributed by atoms with van der Waals surface area (Å²) in [7, 11) is 0. The van der Waals surface area contributed by atoms with Crippen molar-refractivity contribution in [3.05, 3.63) is 35.9 Å². The second kappa shape index (κ2) is 5.98. The molecule has 2 amide bonds. The van der Waals surface area contributed by atoms with Gasteiger partial charge in [-0.3, -0.25) is 9.28 Å². The zero-order valence-corrected chi connectivity index (χ0v) is 12.4. The smallest absolute Gasteiger partial charge is 0.314 e. The van der Waals surface area contributed by atoms with Crippen molar-refractivity contribution in [2.24, 2.45) is 0 Å². The largest absolute Gasteiger partial charge is 0.356 e. The van der Waals surface area contributed by atoms with Crippen molar-refractivity contribution in [3.8, 4) is 0 Å². The highest BCUT2D eigenvalue weighted by molar-refractivity contribution is 5.78. The molecule has 1 N–H and O–H groups in total. The maximum absolute atomic E-state index is 12.8. The summed E-state index contributed by atoms with van der Waals surface area (Å²) < 4.78 is 0.484. The molecule has 2 heterocycles. The first-order valence-electron chi connectivity index (χ1n) is 7.91. The van der Waals surface area contributed by atoms with Crippen LogP contribution >= 0.6 is 0 Å². The Hall–Kier alpha value is -1.68. The second-order valence-electron chi connectivity index (χ2n) is 6.25. The van der Waals surface area contributed by atoms with E-state index in [1.165, 1.54) is 5.56 Å². The van der Waals surface area contributed by atoms with Gasteiger partial charge in [-0.05, 0) is 12.8 Å². The van der Waals surface area contributed by atoms with E-state index in [1.54, 1.807) is 0 Å². The molecule has 2 atom stereocenters. The third-order valence-corrected chi connectivity index (χ3v) is 4.92. The van der Waals surface area contributed by atoms with Crippen LogP contribution in [0, 0.1) is 0 Å². The fourth-order valence-corrected chi connectivity index (χ4v) is 3.80. The Labute approximate surface area is 125 Å². The molecule has 4 nitrogen and oxygen atoms in total. The van der Waals surface area contributed by atoms with Crippen LogP contribution in [0.1, 0.15) is 37.7 Å². The number of nitrogens with one attached hydrogen (secondary N) is 1. The summed E-state index contributed by atoms with van der Waals surface area (Å²) in [6, 6.07) is 10.4. The standard InChI is InChI=1S/C17H22N2O2/c20-16-12-15(9-10-18-16)19(11-5-4-8-17(19)21)13-14-6-2-1-3-7-14/h1-3,6-7,15H,4-5,8-13H2/p+1. The van der Waals surface area contributed by atoms with Gasteiger partial charge in [0, 0.05) is 18.5 Å². The normalized spacial score (nSPS) is 30.0. The Morgan fingerprint density at radius 3 is 2.67 bits per heavy atom. The van der Waals surface area contributed by atoms with Crippen molar-refractivity contribution < 1.29 is 14.1 Å². The lowest BCUT2D eigenvalue weighted by atomic mass is 9.94. The van der Waals surface area contributed by atoms with E-state index in [4.69, 9.17) is 0 Å². The van der Waals surface area contributed by atoms with E-state index >= 15 is 0 Å². The van der Waals surface area contributed by atoms with Gasteiger partial charge in [0.1, 0.15) is 12.6 Å². The van der Waals surface area contributed by atoms with Crippen LogP contribution in [0.25, 0.3) is 0 Å². The number of quaternary nitrogens is 1. The van der Waals surface area contributed by atoms with Crippen molar-refractivity contribution in [1.82, 2.24) is 5.32 Å². The first-order valence-corrected chi connectivity index (χ1v) is 7.91. The highest BCUT2D eigenvalue weighted by Crippen LogP contribution is 2.31. The molecule has 4 heteroatoms. The van der Waals surface area contributed by atoms with Gasteiger partial charge in [-0.25, -0.2) is 4.79 Å². The van der Waals surface area contributed by atoms with Gasteiger partial charge in [0.2, 0.25) is 5.91 Å². The molecule has 1 aromatic carbocycles. The molecule has 2 unspecified atom stereocenters. The summed E-state index contributed by atoms with van der Waals surface area (Å²) >= 11 is 0. The average molecular weight is 287 g/mol. The molecule has 0 aliphatic carbocycles. The van der Waals surface area contributed by atoms with Crippen molar-refractivity contribution >= 4 is 11.8 Å². The zero-order chi connectivity index (χ0) is 14.7. The number of nitrogens with zero attached hydrogens (tertiary/aromatic N) is 1. The Balaban J connectivity index is 1.90. The number of benzene rings is 1. The molecule has 0 aromatic heterocycles. The lowest BCUT2D eigenvalue weighted by molar-refractivity contribution is -0.895. The van der Waals surface area contributed by atoms with Crippen molar-refractivity contribution in [3.63, 3.8) is 0 Å². The molecule has 2 saturated heterocycles. The summed E-state index contributed by atoms with van der Waals surface area (Å²) in [6.07, 6.45) is 4.12. The quantitative estimate of drug-likeness (QED) is 0.864. The van der Waals surface area contributed by atoms with Crippen LogP contribution in [0.4, 0.5) is 0 Å². The summed E-state index contributed by atoms with van der Waals surface area (Å²) in [4.78, 5) is 24.6.